The minimum atomic E-state index is -0.327. The number of carbonyl (C=O) groups is 1. The predicted molar refractivity (Wildman–Crippen MR) is 110 cm³/mol. The molecular formula is C20H25N6O2S+. The van der Waals surface area contributed by atoms with Crippen molar-refractivity contribution in [2.24, 2.45) is 13.0 Å². The average molecular weight is 414 g/mol. The summed E-state index contributed by atoms with van der Waals surface area (Å²) in [4.78, 5) is 19.2. The molecule has 2 fully saturated rings. The second-order valence-electron chi connectivity index (χ2n) is 8.19. The number of nitrogens with one attached hydrogen (secondary N) is 1. The minimum Gasteiger partial charge on any atom is -0.466 e. The first-order valence-electron chi connectivity index (χ1n) is 9.97. The predicted octanol–water partition coefficient (Wildman–Crippen LogP) is 1.63. The van der Waals surface area contributed by atoms with Crippen LogP contribution < -0.4 is 9.25 Å². The van der Waals surface area contributed by atoms with Crippen molar-refractivity contribution in [2.75, 3.05) is 12.3 Å². The number of nitrogens with zero attached hydrogens (tertiary/aromatic N) is 5. The molecule has 0 radical (unpaired) electrons. The summed E-state index contributed by atoms with van der Waals surface area (Å²) in [5.74, 6) is 1.73. The third-order valence-electron chi connectivity index (χ3n) is 6.33. The van der Waals surface area contributed by atoms with E-state index >= 15 is 0 Å². The molecule has 1 saturated carbocycles. The molecule has 1 aliphatic heterocycles. The number of rotatable bonds is 5. The molecule has 3 aromatic heterocycles. The van der Waals surface area contributed by atoms with Crippen LogP contribution in [0.2, 0.25) is 0 Å². The van der Waals surface area contributed by atoms with Gasteiger partial charge in [0.1, 0.15) is 11.3 Å². The zero-order chi connectivity index (χ0) is 20.2. The van der Waals surface area contributed by atoms with Gasteiger partial charge in [-0.2, -0.15) is 22.8 Å². The van der Waals surface area contributed by atoms with Crippen molar-refractivity contribution in [3.63, 3.8) is 0 Å². The highest BCUT2D eigenvalue weighted by Gasteiger charge is 2.59. The number of fused-ring (bicyclic) bond motifs is 2. The molecule has 8 nitrogen and oxygen atoms in total. The normalized spacial score (nSPS) is 25.8. The van der Waals surface area contributed by atoms with E-state index < -0.39 is 0 Å². The molecule has 1 amide bonds. The topological polar surface area (TPSA) is 80.1 Å². The van der Waals surface area contributed by atoms with E-state index in [1.165, 1.54) is 0 Å². The van der Waals surface area contributed by atoms with E-state index in [-0.39, 0.29) is 17.6 Å². The molecule has 0 aromatic carbocycles. The number of aromatic amines is 1. The highest BCUT2D eigenvalue weighted by atomic mass is 32.1. The molecule has 3 aromatic rings. The minimum absolute atomic E-state index is 0.204. The summed E-state index contributed by atoms with van der Waals surface area (Å²) in [6.07, 6.45) is 9.83. The lowest BCUT2D eigenvalue weighted by Gasteiger charge is -2.50. The van der Waals surface area contributed by atoms with Gasteiger partial charge >= 0.3 is 0 Å². The van der Waals surface area contributed by atoms with Crippen LogP contribution in [0, 0.1) is 5.92 Å². The summed E-state index contributed by atoms with van der Waals surface area (Å²) in [7, 11) is 1.89. The number of hydrogen-bond donors (Lipinski definition) is 2. The Kier molecular flexibility index (Phi) is 4.31. The Hall–Kier alpha value is -2.55. The van der Waals surface area contributed by atoms with Crippen LogP contribution in [0.5, 0.6) is 5.88 Å². The molecule has 0 unspecified atom stereocenters. The van der Waals surface area contributed by atoms with Crippen molar-refractivity contribution < 1.29 is 14.0 Å². The molecule has 4 heterocycles. The maximum absolute atomic E-state index is 12.4. The van der Waals surface area contributed by atoms with Gasteiger partial charge < -0.3 is 9.64 Å². The molecule has 0 bridgehead atoms. The zero-order valence-electron chi connectivity index (χ0n) is 16.6. The first kappa shape index (κ1) is 18.5. The largest absolute Gasteiger partial charge is 0.466 e. The van der Waals surface area contributed by atoms with Gasteiger partial charge in [-0.1, -0.05) is 4.52 Å². The van der Waals surface area contributed by atoms with Gasteiger partial charge in [0.15, 0.2) is 0 Å². The molecule has 3 atom stereocenters. The summed E-state index contributed by atoms with van der Waals surface area (Å²) < 4.78 is 10.2. The molecular weight excluding hydrogens is 388 g/mol. The van der Waals surface area contributed by atoms with Gasteiger partial charge in [0, 0.05) is 56.2 Å². The van der Waals surface area contributed by atoms with Crippen LogP contribution in [0.1, 0.15) is 26.2 Å². The van der Waals surface area contributed by atoms with Crippen LogP contribution in [0.25, 0.3) is 16.8 Å². The van der Waals surface area contributed by atoms with E-state index in [4.69, 9.17) is 9.72 Å². The number of carbonyl (C=O) groups excluding carboxylic acids is 1. The summed E-state index contributed by atoms with van der Waals surface area (Å²) in [6, 6.07) is 2.23. The standard InChI is InChI=1S/C20H24N6O2S/c1-20(9-17-14(20)4-7-25(17)18(27)5-8-29)28-19-16-3-6-21-26(16)12-15(23-19)13-10-22-24(2)11-13/h3,6,10-12,14,17,29H,4-5,7-9H2,1-2H3/p+1/t14-,17-,20+/m1/s1. The molecule has 1 aliphatic carbocycles. The van der Waals surface area contributed by atoms with E-state index in [2.05, 4.69) is 29.7 Å². The number of thiol groups is 1. The van der Waals surface area contributed by atoms with Crippen molar-refractivity contribution in [3.8, 4) is 17.1 Å². The number of H-pyrrole nitrogens is 1. The molecule has 0 spiro atoms. The van der Waals surface area contributed by atoms with Gasteiger partial charge in [-0.25, -0.2) is 4.98 Å². The van der Waals surface area contributed by atoms with Crippen molar-refractivity contribution in [1.29, 1.82) is 0 Å². The van der Waals surface area contributed by atoms with Crippen LogP contribution in [0.4, 0.5) is 0 Å². The lowest BCUT2D eigenvalue weighted by atomic mass is 9.66. The quantitative estimate of drug-likeness (QED) is 0.492. The number of ether oxygens (including phenoxy) is 1. The maximum Gasteiger partial charge on any atom is 0.298 e. The van der Waals surface area contributed by atoms with Crippen LogP contribution in [-0.4, -0.2) is 54.6 Å². The van der Waals surface area contributed by atoms with Crippen LogP contribution in [0.3, 0.4) is 0 Å². The third-order valence-corrected chi connectivity index (χ3v) is 6.55. The summed E-state index contributed by atoms with van der Waals surface area (Å²) in [5, 5.41) is 7.44. The maximum atomic E-state index is 12.4. The van der Waals surface area contributed by atoms with Crippen molar-refractivity contribution in [1.82, 2.24) is 24.8 Å². The zero-order valence-corrected chi connectivity index (χ0v) is 17.5. The Balaban J connectivity index is 1.42. The van der Waals surface area contributed by atoms with Gasteiger partial charge in [-0.15, -0.1) is 0 Å². The Morgan fingerprint density at radius 3 is 3.14 bits per heavy atom. The highest BCUT2D eigenvalue weighted by Crippen LogP contribution is 2.50. The van der Waals surface area contributed by atoms with Crippen LogP contribution in [0.15, 0.2) is 30.9 Å². The Morgan fingerprint density at radius 2 is 2.38 bits per heavy atom. The first-order chi connectivity index (χ1) is 14.0. The lowest BCUT2D eigenvalue weighted by Crippen LogP contribution is -2.61. The number of likely N-dealkylation sites (tertiary alicyclic amines) is 1. The third kappa shape index (κ3) is 2.99. The number of amides is 1. The lowest BCUT2D eigenvalue weighted by molar-refractivity contribution is -0.577. The number of aromatic nitrogens is 5. The number of aryl methyl sites for hydroxylation is 1. The molecule has 9 heteroatoms. The Morgan fingerprint density at radius 1 is 1.52 bits per heavy atom. The molecule has 2 aliphatic rings. The first-order valence-corrected chi connectivity index (χ1v) is 10.6. The smallest absolute Gasteiger partial charge is 0.298 e. The van der Waals surface area contributed by atoms with Crippen LogP contribution >= 0.6 is 12.6 Å². The average Bonchev–Trinajstić information content (AvgIpc) is 3.39. The van der Waals surface area contributed by atoms with Gasteiger partial charge in [0.05, 0.1) is 12.4 Å². The van der Waals surface area contributed by atoms with Crippen LogP contribution in [-0.2, 0) is 11.8 Å². The second-order valence-corrected chi connectivity index (χ2v) is 8.64. The van der Waals surface area contributed by atoms with Crippen molar-refractivity contribution in [2.45, 2.75) is 37.8 Å². The second kappa shape index (κ2) is 6.76. The monoisotopic (exact) mass is 413 g/mol. The highest BCUT2D eigenvalue weighted by molar-refractivity contribution is 7.80. The van der Waals surface area contributed by atoms with E-state index in [0.717, 1.165) is 36.2 Å². The fraction of sp³-hybridized carbons (Fsp3) is 0.500. The van der Waals surface area contributed by atoms with Gasteiger partial charge in [0.2, 0.25) is 12.1 Å². The van der Waals surface area contributed by atoms with Gasteiger partial charge in [-0.3, -0.25) is 9.48 Å². The summed E-state index contributed by atoms with van der Waals surface area (Å²) in [5.41, 5.74) is 2.29. The summed E-state index contributed by atoms with van der Waals surface area (Å²) >= 11 is 4.20. The fourth-order valence-corrected chi connectivity index (χ4v) is 5.02. The van der Waals surface area contributed by atoms with E-state index in [1.54, 1.807) is 10.9 Å². The molecule has 1 saturated heterocycles. The number of hydrogen-bond acceptors (Lipinski definition) is 5. The fourth-order valence-electron chi connectivity index (χ4n) is 4.82. The van der Waals surface area contributed by atoms with E-state index in [9.17, 15) is 4.79 Å². The molecule has 29 heavy (non-hydrogen) atoms. The molecule has 1 N–H and O–H groups in total. The van der Waals surface area contributed by atoms with E-state index in [1.807, 2.05) is 41.1 Å². The SMILES string of the molecule is Cn1cc(-c2c[n+]3[nH]ccc3c(O[C@@]3(C)C[C@@H]4[C@H]3CCN4C(=O)CCS)n2)cn1. The molecule has 152 valence electrons. The van der Waals surface area contributed by atoms with Gasteiger partial charge in [-0.05, 0) is 19.1 Å². The molecule has 5 rings (SSSR count). The van der Waals surface area contributed by atoms with Gasteiger partial charge in [0.25, 0.3) is 11.4 Å². The van der Waals surface area contributed by atoms with E-state index in [0.29, 0.717) is 24.0 Å². The Bertz CT molecular complexity index is 1080. The van der Waals surface area contributed by atoms with Crippen molar-refractivity contribution >= 4 is 24.1 Å². The summed E-state index contributed by atoms with van der Waals surface area (Å²) in [6.45, 7) is 2.95. The Labute approximate surface area is 174 Å². The van der Waals surface area contributed by atoms with Crippen molar-refractivity contribution in [3.05, 3.63) is 30.9 Å².